The Labute approximate surface area is 122 Å². The molecule has 0 aliphatic carbocycles. The minimum atomic E-state index is 0.563. The van der Waals surface area contributed by atoms with Gasteiger partial charge >= 0.3 is 0 Å². The number of benzene rings is 2. The highest BCUT2D eigenvalue weighted by atomic mass is 79.9. The van der Waals surface area contributed by atoms with E-state index in [1.807, 2.05) is 30.3 Å². The fourth-order valence-corrected chi connectivity index (χ4v) is 3.25. The van der Waals surface area contributed by atoms with Crippen LogP contribution in [0.15, 0.2) is 40.9 Å². The number of para-hydroxylation sites is 1. The van der Waals surface area contributed by atoms with Crippen molar-refractivity contribution in [2.75, 3.05) is 5.73 Å². The number of hydrogen-bond donors (Lipinski definition) is 1. The fourth-order valence-electron chi connectivity index (χ4n) is 1.74. The summed E-state index contributed by atoms with van der Waals surface area (Å²) in [4.78, 5) is 4.60. The molecule has 0 bridgehead atoms. The van der Waals surface area contributed by atoms with Gasteiger partial charge in [0.2, 0.25) is 0 Å². The van der Waals surface area contributed by atoms with E-state index in [2.05, 4.69) is 20.9 Å². The van der Waals surface area contributed by atoms with Crippen LogP contribution in [0.1, 0.15) is 0 Å². The van der Waals surface area contributed by atoms with Gasteiger partial charge in [-0.05, 0) is 30.3 Å². The van der Waals surface area contributed by atoms with E-state index in [0.29, 0.717) is 10.7 Å². The number of nitrogens with zero attached hydrogens (tertiary/aromatic N) is 1. The molecular formula is C13H8BrClN2S. The van der Waals surface area contributed by atoms with Gasteiger partial charge in [0.1, 0.15) is 5.01 Å². The summed E-state index contributed by atoms with van der Waals surface area (Å²) in [5, 5.41) is 1.45. The van der Waals surface area contributed by atoms with Crippen LogP contribution in [0.3, 0.4) is 0 Å². The first-order chi connectivity index (χ1) is 8.65. The molecule has 2 aromatic carbocycles. The van der Waals surface area contributed by atoms with Crippen LogP contribution in [0.25, 0.3) is 20.8 Å². The molecule has 0 unspecified atom stereocenters. The van der Waals surface area contributed by atoms with Gasteiger partial charge < -0.3 is 5.73 Å². The summed E-state index contributed by atoms with van der Waals surface area (Å²) in [7, 11) is 0. The molecule has 0 radical (unpaired) electrons. The molecule has 1 heterocycles. The molecule has 0 amide bonds. The molecule has 0 aliphatic rings. The smallest absolute Gasteiger partial charge is 0.126 e. The summed E-state index contributed by atoms with van der Waals surface area (Å²) in [6.07, 6.45) is 0. The summed E-state index contributed by atoms with van der Waals surface area (Å²) < 4.78 is 2.15. The van der Waals surface area contributed by atoms with E-state index in [9.17, 15) is 0 Å². The number of halogens is 2. The molecule has 0 aliphatic heterocycles. The Morgan fingerprint density at radius 1 is 1.22 bits per heavy atom. The molecule has 5 heteroatoms. The second-order valence-electron chi connectivity index (χ2n) is 3.83. The van der Waals surface area contributed by atoms with Crippen molar-refractivity contribution in [3.63, 3.8) is 0 Å². The lowest BCUT2D eigenvalue weighted by atomic mass is 10.2. The third-order valence-corrected chi connectivity index (χ3v) is 4.53. The number of fused-ring (bicyclic) bond motifs is 1. The molecule has 3 aromatic rings. The summed E-state index contributed by atoms with van der Waals surface area (Å²) >= 11 is 11.1. The predicted molar refractivity (Wildman–Crippen MR) is 82.2 cm³/mol. The molecule has 90 valence electrons. The predicted octanol–water partition coefficient (Wildman–Crippen LogP) is 4.96. The lowest BCUT2D eigenvalue weighted by Crippen LogP contribution is -1.90. The van der Waals surface area contributed by atoms with Gasteiger partial charge in [0.05, 0.1) is 20.9 Å². The largest absolute Gasteiger partial charge is 0.397 e. The van der Waals surface area contributed by atoms with E-state index in [-0.39, 0.29) is 0 Å². The standard InChI is InChI=1S/C13H8BrClN2S/c14-7-4-5-11-10(6-7)17-13(18-11)8-2-1-3-9(15)12(8)16/h1-6H,16H2. The number of aromatic nitrogens is 1. The molecule has 0 spiro atoms. The lowest BCUT2D eigenvalue weighted by Gasteiger charge is -2.02. The van der Waals surface area contributed by atoms with Crippen LogP contribution in [0, 0.1) is 0 Å². The minimum Gasteiger partial charge on any atom is -0.397 e. The normalized spacial score (nSPS) is 11.0. The maximum atomic E-state index is 6.03. The molecule has 0 saturated heterocycles. The van der Waals surface area contributed by atoms with Crippen LogP contribution >= 0.6 is 38.9 Å². The molecule has 3 rings (SSSR count). The van der Waals surface area contributed by atoms with Crippen LogP contribution in [0.2, 0.25) is 5.02 Å². The van der Waals surface area contributed by atoms with Crippen molar-refractivity contribution in [1.29, 1.82) is 0 Å². The van der Waals surface area contributed by atoms with Gasteiger partial charge in [0.15, 0.2) is 0 Å². The van der Waals surface area contributed by atoms with E-state index in [1.165, 1.54) is 0 Å². The van der Waals surface area contributed by atoms with E-state index < -0.39 is 0 Å². The SMILES string of the molecule is Nc1c(Cl)cccc1-c1nc2cc(Br)ccc2s1. The first kappa shape index (κ1) is 12.0. The van der Waals surface area contributed by atoms with Crippen LogP contribution in [0.5, 0.6) is 0 Å². The highest BCUT2D eigenvalue weighted by Gasteiger charge is 2.11. The Morgan fingerprint density at radius 3 is 2.89 bits per heavy atom. The zero-order valence-corrected chi connectivity index (χ0v) is 12.3. The van der Waals surface area contributed by atoms with Gasteiger partial charge in [-0.15, -0.1) is 11.3 Å². The molecule has 2 nitrogen and oxygen atoms in total. The second-order valence-corrected chi connectivity index (χ2v) is 6.19. The topological polar surface area (TPSA) is 38.9 Å². The molecule has 2 N–H and O–H groups in total. The van der Waals surface area contributed by atoms with Crippen LogP contribution in [0.4, 0.5) is 5.69 Å². The third kappa shape index (κ3) is 2.00. The molecule has 0 atom stereocenters. The highest BCUT2D eigenvalue weighted by Crippen LogP contribution is 2.36. The fraction of sp³-hybridized carbons (Fsp3) is 0. The quantitative estimate of drug-likeness (QED) is 0.636. The van der Waals surface area contributed by atoms with Crippen molar-refractivity contribution >= 4 is 54.8 Å². The van der Waals surface area contributed by atoms with Gasteiger partial charge in [-0.25, -0.2) is 4.98 Å². The average Bonchev–Trinajstić information content (AvgIpc) is 2.75. The second kappa shape index (κ2) is 4.53. The number of nitrogens with two attached hydrogens (primary N) is 1. The van der Waals surface area contributed by atoms with Crippen molar-refractivity contribution in [2.24, 2.45) is 0 Å². The van der Waals surface area contributed by atoms with Crippen LogP contribution in [-0.2, 0) is 0 Å². The summed E-state index contributed by atoms with van der Waals surface area (Å²) in [5.41, 5.74) is 8.42. The summed E-state index contributed by atoms with van der Waals surface area (Å²) in [6, 6.07) is 11.7. The van der Waals surface area contributed by atoms with E-state index in [4.69, 9.17) is 17.3 Å². The molecule has 1 aromatic heterocycles. The van der Waals surface area contributed by atoms with Crippen molar-refractivity contribution < 1.29 is 0 Å². The third-order valence-electron chi connectivity index (χ3n) is 2.63. The monoisotopic (exact) mass is 338 g/mol. The Morgan fingerprint density at radius 2 is 2.06 bits per heavy atom. The number of nitrogen functional groups attached to an aromatic ring is 1. The van der Waals surface area contributed by atoms with Crippen molar-refractivity contribution in [2.45, 2.75) is 0 Å². The Balaban J connectivity index is 2.22. The van der Waals surface area contributed by atoms with Crippen LogP contribution < -0.4 is 5.73 Å². The maximum Gasteiger partial charge on any atom is 0.126 e. The van der Waals surface area contributed by atoms with E-state index in [1.54, 1.807) is 17.4 Å². The van der Waals surface area contributed by atoms with Crippen LogP contribution in [-0.4, -0.2) is 4.98 Å². The number of anilines is 1. The molecular weight excluding hydrogens is 332 g/mol. The molecule has 0 saturated carbocycles. The van der Waals surface area contributed by atoms with Gasteiger partial charge in [0, 0.05) is 10.0 Å². The van der Waals surface area contributed by atoms with Gasteiger partial charge in [-0.3, -0.25) is 0 Å². The average molecular weight is 340 g/mol. The Hall–Kier alpha value is -1.10. The number of thiazole rings is 1. The van der Waals surface area contributed by atoms with Gasteiger partial charge in [0.25, 0.3) is 0 Å². The van der Waals surface area contributed by atoms with Gasteiger partial charge in [-0.2, -0.15) is 0 Å². The van der Waals surface area contributed by atoms with Crippen molar-refractivity contribution in [3.8, 4) is 10.6 Å². The number of hydrogen-bond acceptors (Lipinski definition) is 3. The zero-order valence-electron chi connectivity index (χ0n) is 9.15. The van der Waals surface area contributed by atoms with Crippen molar-refractivity contribution in [3.05, 3.63) is 45.9 Å². The summed E-state index contributed by atoms with van der Waals surface area (Å²) in [6.45, 7) is 0. The maximum absolute atomic E-state index is 6.03. The molecule has 18 heavy (non-hydrogen) atoms. The van der Waals surface area contributed by atoms with Gasteiger partial charge in [-0.1, -0.05) is 33.6 Å². The Bertz CT molecular complexity index is 739. The zero-order chi connectivity index (χ0) is 12.7. The first-order valence-electron chi connectivity index (χ1n) is 5.25. The van der Waals surface area contributed by atoms with Crippen molar-refractivity contribution in [1.82, 2.24) is 4.98 Å². The summed E-state index contributed by atoms with van der Waals surface area (Å²) in [5.74, 6) is 0. The first-order valence-corrected chi connectivity index (χ1v) is 7.24. The highest BCUT2D eigenvalue weighted by molar-refractivity contribution is 9.10. The Kier molecular flexibility index (Phi) is 3.01. The minimum absolute atomic E-state index is 0.563. The van der Waals surface area contributed by atoms with E-state index in [0.717, 1.165) is 25.3 Å². The number of rotatable bonds is 1. The molecule has 0 fully saturated rings. The van der Waals surface area contributed by atoms with E-state index >= 15 is 0 Å². The lowest BCUT2D eigenvalue weighted by molar-refractivity contribution is 1.47.